The molecule has 0 saturated heterocycles. The Morgan fingerprint density at radius 3 is 2.41 bits per heavy atom. The molecule has 0 unspecified atom stereocenters. The monoisotopic (exact) mass is 279 g/mol. The molecular weight excluding hydrogens is 273 g/mol. The second-order valence-electron chi connectivity index (χ2n) is 3.59. The smallest absolute Gasteiger partial charge is 0.126 e. The van der Waals surface area contributed by atoms with Gasteiger partial charge in [0.25, 0.3) is 0 Å². The van der Waals surface area contributed by atoms with E-state index in [1.54, 1.807) is 11.3 Å². The van der Waals surface area contributed by atoms with Gasteiger partial charge in [-0.2, -0.15) is 0 Å². The molecule has 1 aromatic heterocycles. The number of fused-ring (bicyclic) bond motifs is 1. The number of benzene rings is 2. The lowest BCUT2D eigenvalue weighted by Crippen LogP contribution is -1.77. The van der Waals surface area contributed by atoms with Gasteiger partial charge < -0.3 is 0 Å². The van der Waals surface area contributed by atoms with Crippen LogP contribution in [0.5, 0.6) is 0 Å². The summed E-state index contributed by atoms with van der Waals surface area (Å²) in [6.07, 6.45) is 0. The number of hydrogen-bond donors (Lipinski definition) is 0. The Morgan fingerprint density at radius 2 is 1.65 bits per heavy atom. The summed E-state index contributed by atoms with van der Waals surface area (Å²) in [5.41, 5.74) is 1.79. The fourth-order valence-electron chi connectivity index (χ4n) is 1.66. The molecule has 3 aromatic rings. The average molecular weight is 280 g/mol. The van der Waals surface area contributed by atoms with Crippen molar-refractivity contribution in [2.75, 3.05) is 0 Å². The summed E-state index contributed by atoms with van der Waals surface area (Å²) in [6.45, 7) is 0. The van der Waals surface area contributed by atoms with Crippen molar-refractivity contribution in [3.8, 4) is 10.6 Å². The molecule has 17 heavy (non-hydrogen) atoms. The van der Waals surface area contributed by atoms with E-state index in [9.17, 15) is 0 Å². The summed E-state index contributed by atoms with van der Waals surface area (Å²) in [6, 6.07) is 13.5. The van der Waals surface area contributed by atoms with Gasteiger partial charge in [-0.3, -0.25) is 0 Å². The fourth-order valence-corrected chi connectivity index (χ4v) is 3.25. The van der Waals surface area contributed by atoms with Gasteiger partial charge in [0.05, 0.1) is 14.7 Å². The molecular formula is C13H7Cl2NS. The number of halogens is 2. The zero-order valence-electron chi connectivity index (χ0n) is 8.65. The molecule has 0 atom stereocenters. The van der Waals surface area contributed by atoms with Crippen LogP contribution in [0, 0.1) is 0 Å². The minimum absolute atomic E-state index is 0.678. The van der Waals surface area contributed by atoms with Gasteiger partial charge in [-0.25, -0.2) is 4.98 Å². The first-order valence-corrected chi connectivity index (χ1v) is 6.63. The molecule has 0 N–H and O–H groups in total. The molecule has 3 rings (SSSR count). The minimum Gasteiger partial charge on any atom is -0.234 e. The van der Waals surface area contributed by atoms with Crippen molar-refractivity contribution in [2.45, 2.75) is 0 Å². The zero-order valence-corrected chi connectivity index (χ0v) is 11.0. The largest absolute Gasteiger partial charge is 0.234 e. The Labute approximate surface area is 113 Å². The lowest BCUT2D eigenvalue weighted by Gasteiger charge is -1.97. The molecule has 4 heteroatoms. The molecule has 0 radical (unpaired) electrons. The molecule has 2 aromatic carbocycles. The standard InChI is InChI=1S/C13H7Cl2NS/c14-9-5-2-1-4-8(9)13-16-12-10(15)6-3-7-11(12)17-13/h1-7H. The highest BCUT2D eigenvalue weighted by atomic mass is 35.5. The first kappa shape index (κ1) is 11.0. The average Bonchev–Trinajstić information content (AvgIpc) is 2.75. The molecule has 1 nitrogen and oxygen atoms in total. The third-order valence-corrected chi connectivity index (χ3v) is 4.16. The van der Waals surface area contributed by atoms with Crippen LogP contribution in [0.4, 0.5) is 0 Å². The van der Waals surface area contributed by atoms with Crippen molar-refractivity contribution in [1.82, 2.24) is 4.98 Å². The minimum atomic E-state index is 0.678. The molecule has 0 spiro atoms. The van der Waals surface area contributed by atoms with Crippen LogP contribution in [-0.2, 0) is 0 Å². The van der Waals surface area contributed by atoms with E-state index in [-0.39, 0.29) is 0 Å². The Hall–Kier alpha value is -1.09. The van der Waals surface area contributed by atoms with E-state index in [1.807, 2.05) is 42.5 Å². The van der Waals surface area contributed by atoms with Crippen LogP contribution >= 0.6 is 34.5 Å². The van der Waals surface area contributed by atoms with E-state index in [4.69, 9.17) is 23.2 Å². The summed E-state index contributed by atoms with van der Waals surface area (Å²) in [5, 5.41) is 2.29. The first-order valence-electron chi connectivity index (χ1n) is 5.05. The highest BCUT2D eigenvalue weighted by Crippen LogP contribution is 2.36. The number of rotatable bonds is 1. The lowest BCUT2D eigenvalue weighted by atomic mass is 10.2. The summed E-state index contributed by atoms with van der Waals surface area (Å²) in [7, 11) is 0. The zero-order chi connectivity index (χ0) is 11.8. The van der Waals surface area contributed by atoms with Gasteiger partial charge in [0.1, 0.15) is 10.5 Å². The maximum Gasteiger partial charge on any atom is 0.126 e. The van der Waals surface area contributed by atoms with Crippen molar-refractivity contribution >= 4 is 44.8 Å². The molecule has 0 aliphatic carbocycles. The van der Waals surface area contributed by atoms with Gasteiger partial charge in [0, 0.05) is 5.56 Å². The van der Waals surface area contributed by atoms with Crippen molar-refractivity contribution in [3.05, 3.63) is 52.5 Å². The SMILES string of the molecule is Clc1ccccc1-c1nc2c(Cl)cccc2s1. The molecule has 1 heterocycles. The molecule has 0 amide bonds. The van der Waals surface area contributed by atoms with E-state index in [2.05, 4.69) is 4.98 Å². The summed E-state index contributed by atoms with van der Waals surface area (Å²) < 4.78 is 1.08. The Bertz CT molecular complexity index is 691. The van der Waals surface area contributed by atoms with Crippen LogP contribution in [0.1, 0.15) is 0 Å². The van der Waals surface area contributed by atoms with E-state index in [0.29, 0.717) is 10.0 Å². The van der Waals surface area contributed by atoms with E-state index in [1.165, 1.54) is 0 Å². The predicted octanol–water partition coefficient (Wildman–Crippen LogP) is 5.27. The molecule has 0 aliphatic rings. The quantitative estimate of drug-likeness (QED) is 0.591. The molecule has 0 fully saturated rings. The molecule has 0 saturated carbocycles. The molecule has 84 valence electrons. The second kappa shape index (κ2) is 4.30. The van der Waals surface area contributed by atoms with Gasteiger partial charge in [-0.05, 0) is 18.2 Å². The number of thiazole rings is 1. The normalized spacial score (nSPS) is 10.9. The lowest BCUT2D eigenvalue weighted by molar-refractivity contribution is 1.48. The Morgan fingerprint density at radius 1 is 0.882 bits per heavy atom. The van der Waals surface area contributed by atoms with Crippen LogP contribution in [0.2, 0.25) is 10.0 Å². The highest BCUT2D eigenvalue weighted by Gasteiger charge is 2.10. The molecule has 0 bridgehead atoms. The number of aromatic nitrogens is 1. The van der Waals surface area contributed by atoms with Gasteiger partial charge in [0.2, 0.25) is 0 Å². The van der Waals surface area contributed by atoms with Gasteiger partial charge in [0.15, 0.2) is 0 Å². The van der Waals surface area contributed by atoms with Crippen molar-refractivity contribution < 1.29 is 0 Å². The maximum atomic E-state index is 6.16. The van der Waals surface area contributed by atoms with Crippen LogP contribution < -0.4 is 0 Å². The third-order valence-electron chi connectivity index (χ3n) is 2.47. The van der Waals surface area contributed by atoms with Gasteiger partial charge in [-0.1, -0.05) is 47.5 Å². The number of para-hydroxylation sites is 1. The van der Waals surface area contributed by atoms with Crippen LogP contribution in [0.25, 0.3) is 20.8 Å². The molecule has 0 aliphatic heterocycles. The topological polar surface area (TPSA) is 12.9 Å². The van der Waals surface area contributed by atoms with Crippen molar-refractivity contribution in [3.63, 3.8) is 0 Å². The van der Waals surface area contributed by atoms with Crippen molar-refractivity contribution in [1.29, 1.82) is 0 Å². The summed E-state index contributed by atoms with van der Waals surface area (Å²) in [5.74, 6) is 0. The van der Waals surface area contributed by atoms with E-state index < -0.39 is 0 Å². The summed E-state index contributed by atoms with van der Waals surface area (Å²) >= 11 is 13.9. The highest BCUT2D eigenvalue weighted by molar-refractivity contribution is 7.21. The maximum absolute atomic E-state index is 6.16. The Balaban J connectivity index is 2.26. The van der Waals surface area contributed by atoms with E-state index >= 15 is 0 Å². The van der Waals surface area contributed by atoms with Crippen LogP contribution in [0.3, 0.4) is 0 Å². The Kier molecular flexibility index (Phi) is 2.79. The second-order valence-corrected chi connectivity index (χ2v) is 5.43. The predicted molar refractivity (Wildman–Crippen MR) is 75.1 cm³/mol. The summed E-state index contributed by atoms with van der Waals surface area (Å²) in [4.78, 5) is 4.55. The van der Waals surface area contributed by atoms with Crippen LogP contribution in [0.15, 0.2) is 42.5 Å². The first-order chi connectivity index (χ1) is 8.25. The third kappa shape index (κ3) is 1.93. The van der Waals surface area contributed by atoms with Gasteiger partial charge in [-0.15, -0.1) is 11.3 Å². The number of hydrogen-bond acceptors (Lipinski definition) is 2. The van der Waals surface area contributed by atoms with Gasteiger partial charge >= 0.3 is 0 Å². The fraction of sp³-hybridized carbons (Fsp3) is 0. The number of nitrogens with zero attached hydrogens (tertiary/aromatic N) is 1. The van der Waals surface area contributed by atoms with Crippen LogP contribution in [-0.4, -0.2) is 4.98 Å². The van der Waals surface area contributed by atoms with E-state index in [0.717, 1.165) is 20.8 Å². The van der Waals surface area contributed by atoms with Crippen molar-refractivity contribution in [2.24, 2.45) is 0 Å².